The topological polar surface area (TPSA) is 101 Å². The molecule has 0 aliphatic rings. The number of aromatic nitrogens is 3. The molecule has 0 aliphatic carbocycles. The first-order chi connectivity index (χ1) is 13.2. The fourth-order valence-electron chi connectivity index (χ4n) is 2.55. The van der Waals surface area contributed by atoms with Gasteiger partial charge in [-0.25, -0.2) is 4.98 Å². The minimum absolute atomic E-state index is 0.140. The summed E-state index contributed by atoms with van der Waals surface area (Å²) in [6.07, 6.45) is 0. The number of thiophene rings is 1. The van der Waals surface area contributed by atoms with Gasteiger partial charge < -0.3 is 14.7 Å². The third kappa shape index (κ3) is 4.57. The molecule has 3 aromatic rings. The molecule has 28 heavy (non-hydrogen) atoms. The molecule has 0 spiro atoms. The Kier molecular flexibility index (Phi) is 6.11. The van der Waals surface area contributed by atoms with Crippen LogP contribution in [0.2, 0.25) is 4.47 Å². The van der Waals surface area contributed by atoms with Crippen molar-refractivity contribution in [3.05, 3.63) is 32.2 Å². The van der Waals surface area contributed by atoms with Crippen LogP contribution in [-0.2, 0) is 4.79 Å². The summed E-state index contributed by atoms with van der Waals surface area (Å²) in [5.74, 6) is 0.347. The molecular formula is C17H18ClN5O3S2. The fraction of sp³-hybridized carbons (Fsp3) is 0.353. The molecule has 3 heterocycles. The summed E-state index contributed by atoms with van der Waals surface area (Å²) in [6, 6.07) is 3.41. The Morgan fingerprint density at radius 2 is 2.07 bits per heavy atom. The molecular weight excluding hydrogens is 422 g/mol. The van der Waals surface area contributed by atoms with Crippen LogP contribution in [0.25, 0.3) is 11.6 Å². The minimum atomic E-state index is -0.174. The molecule has 0 aromatic carbocycles. The smallest absolute Gasteiger partial charge is 0.277 e. The number of anilines is 1. The molecule has 0 saturated heterocycles. The average Bonchev–Trinajstić information content (AvgIpc) is 3.33. The number of nitrogens with one attached hydrogen (secondary N) is 1. The standard InChI is InChI=1S/C17H18ClN5O3S2/c1-8(14-21-15(26-22-14)13-9(2)27-17(18)20-13)7-23(4)16(25)11-5-6-12(28-11)19-10(3)24/h5-6,8H,7H2,1-4H3,(H,19,24). The highest BCUT2D eigenvalue weighted by Crippen LogP contribution is 2.30. The molecule has 1 N–H and O–H groups in total. The first-order valence-corrected chi connectivity index (χ1v) is 10.4. The van der Waals surface area contributed by atoms with Gasteiger partial charge in [-0.15, -0.1) is 22.7 Å². The average molecular weight is 440 g/mol. The predicted molar refractivity (Wildman–Crippen MR) is 109 cm³/mol. The molecule has 0 saturated carbocycles. The highest BCUT2D eigenvalue weighted by atomic mass is 35.5. The molecule has 0 bridgehead atoms. The second-order valence-corrected chi connectivity index (χ2v) is 9.13. The van der Waals surface area contributed by atoms with E-state index in [0.717, 1.165) is 4.88 Å². The van der Waals surface area contributed by atoms with Gasteiger partial charge in [-0.2, -0.15) is 4.98 Å². The molecule has 2 amide bonds. The van der Waals surface area contributed by atoms with Gasteiger partial charge >= 0.3 is 0 Å². The minimum Gasteiger partial charge on any atom is -0.340 e. The van der Waals surface area contributed by atoms with Crippen molar-refractivity contribution >= 4 is 51.1 Å². The van der Waals surface area contributed by atoms with Gasteiger partial charge in [0, 0.05) is 31.3 Å². The molecule has 11 heteroatoms. The number of aryl methyl sites for hydroxylation is 1. The number of likely N-dealkylation sites (N-methyl/N-ethyl adjacent to an activating group) is 1. The molecule has 0 fully saturated rings. The van der Waals surface area contributed by atoms with E-state index in [1.54, 1.807) is 24.1 Å². The van der Waals surface area contributed by atoms with Crippen molar-refractivity contribution in [2.45, 2.75) is 26.7 Å². The number of nitrogens with zero attached hydrogens (tertiary/aromatic N) is 4. The van der Waals surface area contributed by atoms with Gasteiger partial charge in [0.05, 0.1) is 9.88 Å². The van der Waals surface area contributed by atoms with Crippen LogP contribution < -0.4 is 5.32 Å². The Hall–Kier alpha value is -2.30. The van der Waals surface area contributed by atoms with E-state index in [0.29, 0.717) is 38.3 Å². The molecule has 0 radical (unpaired) electrons. The first-order valence-electron chi connectivity index (χ1n) is 8.34. The number of hydrogen-bond donors (Lipinski definition) is 1. The summed E-state index contributed by atoms with van der Waals surface area (Å²) in [5.41, 5.74) is 0.578. The van der Waals surface area contributed by atoms with E-state index in [1.165, 1.54) is 29.6 Å². The Bertz CT molecular complexity index is 1010. The van der Waals surface area contributed by atoms with Gasteiger partial charge in [-0.05, 0) is 19.1 Å². The van der Waals surface area contributed by atoms with Crippen molar-refractivity contribution in [1.82, 2.24) is 20.0 Å². The largest absolute Gasteiger partial charge is 0.340 e. The summed E-state index contributed by atoms with van der Waals surface area (Å²) in [5, 5.41) is 7.33. The van der Waals surface area contributed by atoms with Crippen LogP contribution in [0.4, 0.5) is 5.00 Å². The summed E-state index contributed by atoms with van der Waals surface area (Å²) in [6.45, 7) is 5.63. The lowest BCUT2D eigenvalue weighted by molar-refractivity contribution is -0.114. The molecule has 1 unspecified atom stereocenters. The summed E-state index contributed by atoms with van der Waals surface area (Å²) in [7, 11) is 1.71. The number of carbonyl (C=O) groups is 2. The SMILES string of the molecule is CC(=O)Nc1ccc(C(=O)N(C)CC(C)c2noc(-c3nc(Cl)sc3C)n2)s1. The number of thiazole rings is 1. The fourth-order valence-corrected chi connectivity index (χ4v) is 4.55. The second-order valence-electron chi connectivity index (χ2n) is 6.26. The number of carbonyl (C=O) groups excluding carboxylic acids is 2. The molecule has 8 nitrogen and oxygen atoms in total. The number of rotatable bonds is 6. The van der Waals surface area contributed by atoms with E-state index in [4.69, 9.17) is 16.1 Å². The van der Waals surface area contributed by atoms with Crippen molar-refractivity contribution in [1.29, 1.82) is 0 Å². The summed E-state index contributed by atoms with van der Waals surface area (Å²) >= 11 is 8.51. The summed E-state index contributed by atoms with van der Waals surface area (Å²) in [4.78, 5) is 35.4. The van der Waals surface area contributed by atoms with Crippen molar-refractivity contribution < 1.29 is 14.1 Å². The predicted octanol–water partition coefficient (Wildman–Crippen LogP) is 4.05. The van der Waals surface area contributed by atoms with Crippen molar-refractivity contribution in [3.63, 3.8) is 0 Å². The zero-order valence-corrected chi connectivity index (χ0v) is 18.0. The van der Waals surface area contributed by atoms with Crippen LogP contribution in [0.5, 0.6) is 0 Å². The van der Waals surface area contributed by atoms with Gasteiger partial charge in [0.2, 0.25) is 5.91 Å². The van der Waals surface area contributed by atoms with Crippen LogP contribution in [0.15, 0.2) is 16.7 Å². The lowest BCUT2D eigenvalue weighted by Gasteiger charge is -2.19. The maximum absolute atomic E-state index is 12.6. The van der Waals surface area contributed by atoms with E-state index in [-0.39, 0.29) is 17.7 Å². The Balaban J connectivity index is 1.66. The molecule has 3 aromatic heterocycles. The third-order valence-electron chi connectivity index (χ3n) is 3.87. The second kappa shape index (κ2) is 8.38. The van der Waals surface area contributed by atoms with Crippen molar-refractivity contribution in [2.24, 2.45) is 0 Å². The Labute approximate surface area is 174 Å². The van der Waals surface area contributed by atoms with E-state index < -0.39 is 0 Å². The van der Waals surface area contributed by atoms with Crippen LogP contribution in [0, 0.1) is 6.92 Å². The van der Waals surface area contributed by atoms with E-state index in [1.807, 2.05) is 13.8 Å². The quantitative estimate of drug-likeness (QED) is 0.621. The van der Waals surface area contributed by atoms with Gasteiger partial charge in [0.25, 0.3) is 11.8 Å². The first kappa shape index (κ1) is 20.4. The maximum atomic E-state index is 12.6. The van der Waals surface area contributed by atoms with Gasteiger partial charge in [0.1, 0.15) is 5.69 Å². The normalized spacial score (nSPS) is 12.0. The zero-order chi connectivity index (χ0) is 20.4. The van der Waals surface area contributed by atoms with Crippen LogP contribution in [0.3, 0.4) is 0 Å². The van der Waals surface area contributed by atoms with Crippen LogP contribution >= 0.6 is 34.3 Å². The van der Waals surface area contributed by atoms with Crippen LogP contribution in [-0.4, -0.2) is 45.4 Å². The monoisotopic (exact) mass is 439 g/mol. The van der Waals surface area contributed by atoms with E-state index >= 15 is 0 Å². The highest BCUT2D eigenvalue weighted by molar-refractivity contribution is 7.18. The van der Waals surface area contributed by atoms with Gasteiger partial charge in [-0.3, -0.25) is 9.59 Å². The molecule has 1 atom stereocenters. The highest BCUT2D eigenvalue weighted by Gasteiger charge is 2.22. The zero-order valence-electron chi connectivity index (χ0n) is 15.6. The Morgan fingerprint density at radius 3 is 2.71 bits per heavy atom. The molecule has 3 rings (SSSR count). The van der Waals surface area contributed by atoms with E-state index in [9.17, 15) is 9.59 Å². The lowest BCUT2D eigenvalue weighted by Crippen LogP contribution is -2.30. The number of amides is 2. The maximum Gasteiger partial charge on any atom is 0.277 e. The summed E-state index contributed by atoms with van der Waals surface area (Å²) < 4.78 is 5.73. The van der Waals surface area contributed by atoms with Gasteiger partial charge in [-0.1, -0.05) is 23.7 Å². The number of hydrogen-bond acceptors (Lipinski definition) is 8. The third-order valence-corrected chi connectivity index (χ3v) is 5.93. The molecule has 0 aliphatic heterocycles. The lowest BCUT2D eigenvalue weighted by atomic mass is 10.1. The van der Waals surface area contributed by atoms with E-state index in [2.05, 4.69) is 20.4 Å². The Morgan fingerprint density at radius 1 is 1.32 bits per heavy atom. The van der Waals surface area contributed by atoms with Gasteiger partial charge in [0.15, 0.2) is 10.3 Å². The number of halogens is 1. The van der Waals surface area contributed by atoms with Crippen LogP contribution in [0.1, 0.15) is 40.1 Å². The van der Waals surface area contributed by atoms with Crippen molar-refractivity contribution in [3.8, 4) is 11.6 Å². The molecule has 148 valence electrons. The van der Waals surface area contributed by atoms with Crippen molar-refractivity contribution in [2.75, 3.05) is 18.9 Å².